The quantitative estimate of drug-likeness (QED) is 0.628. The summed E-state index contributed by atoms with van der Waals surface area (Å²) >= 11 is 0. The van der Waals surface area contributed by atoms with Gasteiger partial charge in [0.1, 0.15) is 11.6 Å². The summed E-state index contributed by atoms with van der Waals surface area (Å²) in [5, 5.41) is 0. The number of anilines is 2. The van der Waals surface area contributed by atoms with Gasteiger partial charge in [0.15, 0.2) is 6.61 Å². The van der Waals surface area contributed by atoms with Crippen molar-refractivity contribution in [2.45, 2.75) is 6.92 Å². The van der Waals surface area contributed by atoms with Crippen molar-refractivity contribution in [3.63, 3.8) is 0 Å². The topological polar surface area (TPSA) is 55.6 Å². The van der Waals surface area contributed by atoms with Crippen LogP contribution in [0.5, 0.6) is 5.75 Å². The van der Waals surface area contributed by atoms with Gasteiger partial charge >= 0.3 is 0 Å². The van der Waals surface area contributed by atoms with Crippen molar-refractivity contribution in [3.05, 3.63) is 30.1 Å². The molecule has 0 atom stereocenters. The van der Waals surface area contributed by atoms with E-state index in [2.05, 4.69) is 0 Å². The molecule has 0 spiro atoms. The molecule has 1 aromatic carbocycles. The van der Waals surface area contributed by atoms with Crippen molar-refractivity contribution in [1.29, 1.82) is 0 Å². The van der Waals surface area contributed by atoms with Crippen LogP contribution in [-0.4, -0.2) is 19.1 Å². The summed E-state index contributed by atoms with van der Waals surface area (Å²) in [6.07, 6.45) is 3.68. The number of ether oxygens (including phenoxy) is 1. The van der Waals surface area contributed by atoms with Crippen LogP contribution < -0.4 is 15.4 Å². The lowest BCUT2D eigenvalue weighted by atomic mass is 10.2. The second kappa shape index (κ2) is 4.45. The smallest absolute Gasteiger partial charge is 0.265 e. The van der Waals surface area contributed by atoms with Crippen molar-refractivity contribution < 1.29 is 13.9 Å². The van der Waals surface area contributed by atoms with Crippen LogP contribution in [0.4, 0.5) is 15.8 Å². The van der Waals surface area contributed by atoms with Gasteiger partial charge in [-0.05, 0) is 13.0 Å². The molecule has 2 N–H and O–H groups in total. The lowest BCUT2D eigenvalue weighted by Crippen LogP contribution is -2.39. The van der Waals surface area contributed by atoms with E-state index in [9.17, 15) is 9.18 Å². The number of fused-ring (bicyclic) bond motifs is 1. The van der Waals surface area contributed by atoms with E-state index in [4.69, 9.17) is 10.5 Å². The highest BCUT2D eigenvalue weighted by Crippen LogP contribution is 2.35. The zero-order chi connectivity index (χ0) is 12.4. The minimum Gasteiger partial charge on any atom is -0.481 e. The maximum Gasteiger partial charge on any atom is 0.265 e. The zero-order valence-corrected chi connectivity index (χ0v) is 9.44. The van der Waals surface area contributed by atoms with Crippen molar-refractivity contribution in [3.8, 4) is 5.75 Å². The average Bonchev–Trinajstić information content (AvgIpc) is 2.30. The van der Waals surface area contributed by atoms with Crippen molar-refractivity contribution >= 4 is 17.3 Å². The van der Waals surface area contributed by atoms with E-state index in [1.165, 1.54) is 17.0 Å². The number of carbonyl (C=O) groups is 1. The first-order valence-electron chi connectivity index (χ1n) is 5.27. The first-order chi connectivity index (χ1) is 8.13. The molecule has 4 nitrogen and oxygen atoms in total. The molecule has 1 aliphatic heterocycles. The second-order valence-electron chi connectivity index (χ2n) is 3.70. The fourth-order valence-electron chi connectivity index (χ4n) is 1.65. The van der Waals surface area contributed by atoms with Gasteiger partial charge in [-0.2, -0.15) is 0 Å². The Hall–Kier alpha value is -2.04. The maximum atomic E-state index is 13.3. The molecule has 1 aliphatic rings. The van der Waals surface area contributed by atoms with E-state index in [1.54, 1.807) is 0 Å². The third-order valence-electron chi connectivity index (χ3n) is 2.54. The lowest BCUT2D eigenvalue weighted by Gasteiger charge is -2.28. The molecule has 1 aromatic rings. The third kappa shape index (κ3) is 2.08. The number of nitrogens with two attached hydrogens (primary N) is 1. The van der Waals surface area contributed by atoms with E-state index in [-0.39, 0.29) is 18.2 Å². The zero-order valence-electron chi connectivity index (χ0n) is 9.44. The highest BCUT2D eigenvalue weighted by atomic mass is 19.1. The highest BCUT2D eigenvalue weighted by Gasteiger charge is 2.25. The van der Waals surface area contributed by atoms with Gasteiger partial charge in [0.05, 0.1) is 11.4 Å². The first-order valence-corrected chi connectivity index (χ1v) is 5.27. The van der Waals surface area contributed by atoms with E-state index in [1.807, 2.05) is 19.1 Å². The Bertz CT molecular complexity index is 486. The summed E-state index contributed by atoms with van der Waals surface area (Å²) in [7, 11) is 0. The van der Waals surface area contributed by atoms with Gasteiger partial charge in [-0.3, -0.25) is 4.79 Å². The number of halogens is 1. The molecule has 1 heterocycles. The molecule has 0 saturated heterocycles. The number of allylic oxidation sites excluding steroid dienone is 1. The first kappa shape index (κ1) is 11.4. The van der Waals surface area contributed by atoms with Crippen LogP contribution >= 0.6 is 0 Å². The number of hydrogen-bond donors (Lipinski definition) is 1. The minimum atomic E-state index is -0.538. The molecule has 0 unspecified atom stereocenters. The number of rotatable bonds is 2. The Morgan fingerprint density at radius 1 is 1.59 bits per heavy atom. The molecule has 0 aliphatic carbocycles. The Labute approximate surface area is 98.5 Å². The summed E-state index contributed by atoms with van der Waals surface area (Å²) in [6, 6.07) is 2.63. The molecule has 17 heavy (non-hydrogen) atoms. The van der Waals surface area contributed by atoms with Crippen molar-refractivity contribution in [2.75, 3.05) is 23.8 Å². The van der Waals surface area contributed by atoms with Gasteiger partial charge in [0, 0.05) is 12.6 Å². The molecule has 1 amide bonds. The average molecular weight is 236 g/mol. The number of carbonyl (C=O) groups excluding carboxylic acids is 1. The second-order valence-corrected chi connectivity index (χ2v) is 3.70. The van der Waals surface area contributed by atoms with Gasteiger partial charge in [-0.1, -0.05) is 12.2 Å². The van der Waals surface area contributed by atoms with Crippen LogP contribution in [0.2, 0.25) is 0 Å². The molecule has 2 rings (SSSR count). The molecule has 0 radical (unpaired) electrons. The van der Waals surface area contributed by atoms with E-state index in [0.29, 0.717) is 18.0 Å². The van der Waals surface area contributed by atoms with Crippen LogP contribution in [-0.2, 0) is 4.79 Å². The molecule has 0 aromatic heterocycles. The van der Waals surface area contributed by atoms with Gasteiger partial charge in [-0.15, -0.1) is 0 Å². The van der Waals surface area contributed by atoms with Crippen LogP contribution in [0.3, 0.4) is 0 Å². The summed E-state index contributed by atoms with van der Waals surface area (Å²) < 4.78 is 18.4. The number of nitrogens with zero attached hydrogens (tertiary/aromatic N) is 1. The third-order valence-corrected chi connectivity index (χ3v) is 2.54. The molecular weight excluding hydrogens is 223 g/mol. The van der Waals surface area contributed by atoms with Crippen molar-refractivity contribution in [2.24, 2.45) is 0 Å². The highest BCUT2D eigenvalue weighted by molar-refractivity contribution is 5.98. The standard InChI is InChI=1S/C12H13FN2O2/c1-2-3-4-15-10-6-9(14)8(13)5-11(10)17-7-12(15)16/h2-3,5-6H,4,7,14H2,1H3/b3-2-. The predicted molar refractivity (Wildman–Crippen MR) is 63.5 cm³/mol. The van der Waals surface area contributed by atoms with Gasteiger partial charge in [0.25, 0.3) is 5.91 Å². The fraction of sp³-hybridized carbons (Fsp3) is 0.250. The number of nitrogen functional groups attached to an aromatic ring is 1. The van der Waals surface area contributed by atoms with Gasteiger partial charge < -0.3 is 15.4 Å². The molecule has 5 heteroatoms. The Morgan fingerprint density at radius 3 is 3.06 bits per heavy atom. The largest absolute Gasteiger partial charge is 0.481 e. The predicted octanol–water partition coefficient (Wildman–Crippen LogP) is 1.71. The van der Waals surface area contributed by atoms with Crippen LogP contribution in [0.15, 0.2) is 24.3 Å². The Balaban J connectivity index is 2.43. The number of hydrogen-bond acceptors (Lipinski definition) is 3. The van der Waals surface area contributed by atoms with E-state index >= 15 is 0 Å². The fourth-order valence-corrected chi connectivity index (χ4v) is 1.65. The SMILES string of the molecule is C/C=C\CN1C(=O)COc2cc(F)c(N)cc21. The molecular formula is C12H13FN2O2. The molecule has 0 saturated carbocycles. The summed E-state index contributed by atoms with van der Waals surface area (Å²) in [5.74, 6) is -0.355. The van der Waals surface area contributed by atoms with Gasteiger partial charge in [-0.25, -0.2) is 4.39 Å². The molecule has 0 fully saturated rings. The number of benzene rings is 1. The van der Waals surface area contributed by atoms with E-state index in [0.717, 1.165) is 0 Å². The normalized spacial score (nSPS) is 14.9. The number of amides is 1. The van der Waals surface area contributed by atoms with Gasteiger partial charge in [0.2, 0.25) is 0 Å². The minimum absolute atomic E-state index is 0.00697. The van der Waals surface area contributed by atoms with Crippen LogP contribution in [0.1, 0.15) is 6.92 Å². The van der Waals surface area contributed by atoms with Crippen molar-refractivity contribution in [1.82, 2.24) is 0 Å². The van der Waals surface area contributed by atoms with E-state index < -0.39 is 5.82 Å². The summed E-state index contributed by atoms with van der Waals surface area (Å²) in [4.78, 5) is 13.2. The lowest BCUT2D eigenvalue weighted by molar-refractivity contribution is -0.121. The summed E-state index contributed by atoms with van der Waals surface area (Å²) in [5.41, 5.74) is 6.01. The maximum absolute atomic E-state index is 13.3. The van der Waals surface area contributed by atoms with Crippen LogP contribution in [0, 0.1) is 5.82 Å². The molecule has 0 bridgehead atoms. The Kier molecular flexibility index (Phi) is 2.99. The monoisotopic (exact) mass is 236 g/mol. The Morgan fingerprint density at radius 2 is 2.35 bits per heavy atom. The summed E-state index contributed by atoms with van der Waals surface area (Å²) in [6.45, 7) is 2.22. The van der Waals surface area contributed by atoms with Crippen LogP contribution in [0.25, 0.3) is 0 Å². The molecule has 90 valence electrons.